The van der Waals surface area contributed by atoms with Crippen LogP contribution in [-0.4, -0.2) is 17.1 Å². The highest BCUT2D eigenvalue weighted by Gasteiger charge is 2.37. The molecule has 0 bridgehead atoms. The molecular formula is C14H21NO2. The quantitative estimate of drug-likeness (QED) is 0.796. The predicted molar refractivity (Wildman–Crippen MR) is 68.9 cm³/mol. The molecule has 3 heteroatoms. The number of aliphatic carboxylic acids is 1. The molecule has 0 saturated heterocycles. The van der Waals surface area contributed by atoms with Gasteiger partial charge in [-0.15, -0.1) is 0 Å². The van der Waals surface area contributed by atoms with E-state index in [4.69, 9.17) is 10.8 Å². The zero-order valence-electron chi connectivity index (χ0n) is 10.5. The van der Waals surface area contributed by atoms with Crippen LogP contribution in [0.4, 0.5) is 0 Å². The number of carboxylic acids is 1. The number of rotatable bonds is 6. The van der Waals surface area contributed by atoms with Gasteiger partial charge in [0.05, 0.1) is 6.42 Å². The van der Waals surface area contributed by atoms with Gasteiger partial charge in [-0.2, -0.15) is 0 Å². The highest BCUT2D eigenvalue weighted by Crippen LogP contribution is 2.35. The summed E-state index contributed by atoms with van der Waals surface area (Å²) in [5, 5.41) is 9.13. The van der Waals surface area contributed by atoms with Crippen molar-refractivity contribution in [3.05, 3.63) is 35.9 Å². The second-order valence-electron chi connectivity index (χ2n) is 4.63. The van der Waals surface area contributed by atoms with Gasteiger partial charge in [0.25, 0.3) is 0 Å². The summed E-state index contributed by atoms with van der Waals surface area (Å²) in [6.45, 7) is 3.95. The van der Waals surface area contributed by atoms with E-state index in [0.29, 0.717) is 0 Å². The fourth-order valence-corrected chi connectivity index (χ4v) is 2.47. The fourth-order valence-electron chi connectivity index (χ4n) is 2.47. The lowest BCUT2D eigenvalue weighted by Gasteiger charge is -2.36. The van der Waals surface area contributed by atoms with Crippen LogP contribution in [0.2, 0.25) is 0 Å². The third-order valence-electron chi connectivity index (χ3n) is 3.38. The average molecular weight is 235 g/mol. The summed E-state index contributed by atoms with van der Waals surface area (Å²) < 4.78 is 0. The van der Waals surface area contributed by atoms with Crippen LogP contribution in [0.1, 0.15) is 38.7 Å². The molecule has 0 heterocycles. The minimum Gasteiger partial charge on any atom is -0.481 e. The third kappa shape index (κ3) is 3.07. The number of carbonyl (C=O) groups is 1. The topological polar surface area (TPSA) is 63.3 Å². The Balaban J connectivity index is 3.19. The summed E-state index contributed by atoms with van der Waals surface area (Å²) >= 11 is 0. The van der Waals surface area contributed by atoms with Gasteiger partial charge in [0, 0.05) is 11.5 Å². The number of nitrogens with two attached hydrogens (primary N) is 1. The number of hydrogen-bond donors (Lipinski definition) is 2. The highest BCUT2D eigenvalue weighted by molar-refractivity contribution is 5.69. The van der Waals surface area contributed by atoms with E-state index in [1.165, 1.54) is 0 Å². The van der Waals surface area contributed by atoms with Crippen LogP contribution in [0, 0.1) is 0 Å². The molecule has 3 N–H and O–H groups in total. The molecule has 2 unspecified atom stereocenters. The Hall–Kier alpha value is -1.35. The lowest BCUT2D eigenvalue weighted by Crippen LogP contribution is -2.45. The molecule has 0 radical (unpaired) electrons. The number of benzene rings is 1. The van der Waals surface area contributed by atoms with Crippen LogP contribution in [0.3, 0.4) is 0 Å². The molecular weight excluding hydrogens is 214 g/mol. The van der Waals surface area contributed by atoms with Crippen molar-refractivity contribution in [1.82, 2.24) is 0 Å². The molecule has 0 aliphatic heterocycles. The van der Waals surface area contributed by atoms with Crippen molar-refractivity contribution in [2.45, 2.75) is 44.6 Å². The Kier molecular flexibility index (Phi) is 4.70. The molecule has 0 aliphatic carbocycles. The maximum Gasteiger partial charge on any atom is 0.304 e. The smallest absolute Gasteiger partial charge is 0.304 e. The Morgan fingerprint density at radius 3 is 2.41 bits per heavy atom. The Labute approximate surface area is 103 Å². The molecule has 3 nitrogen and oxygen atoms in total. The van der Waals surface area contributed by atoms with E-state index in [0.717, 1.165) is 18.4 Å². The number of carboxylic acid groups (broad SMARTS) is 1. The van der Waals surface area contributed by atoms with Gasteiger partial charge < -0.3 is 10.8 Å². The predicted octanol–water partition coefficient (Wildman–Crippen LogP) is 2.55. The van der Waals surface area contributed by atoms with Crippen LogP contribution in [0.5, 0.6) is 0 Å². The maximum absolute atomic E-state index is 11.1. The van der Waals surface area contributed by atoms with Gasteiger partial charge in [-0.25, -0.2) is 0 Å². The first-order chi connectivity index (χ1) is 8.03. The normalized spacial score (nSPS) is 16.2. The molecule has 0 aliphatic rings. The molecule has 0 saturated carbocycles. The van der Waals surface area contributed by atoms with Gasteiger partial charge in [-0.1, -0.05) is 43.7 Å². The summed E-state index contributed by atoms with van der Waals surface area (Å²) in [5.41, 5.74) is 6.65. The molecule has 2 atom stereocenters. The van der Waals surface area contributed by atoms with Crippen LogP contribution < -0.4 is 5.73 Å². The van der Waals surface area contributed by atoms with Crippen LogP contribution in [0.15, 0.2) is 30.3 Å². The third-order valence-corrected chi connectivity index (χ3v) is 3.38. The lowest BCUT2D eigenvalue weighted by molar-refractivity contribution is -0.138. The molecule has 1 rings (SSSR count). The zero-order valence-corrected chi connectivity index (χ0v) is 10.5. The second kappa shape index (κ2) is 5.82. The van der Waals surface area contributed by atoms with Crippen molar-refractivity contribution in [3.8, 4) is 0 Å². The Morgan fingerprint density at radius 2 is 2.00 bits per heavy atom. The Morgan fingerprint density at radius 1 is 1.41 bits per heavy atom. The summed E-state index contributed by atoms with van der Waals surface area (Å²) in [6, 6.07) is 9.57. The average Bonchev–Trinajstić information content (AvgIpc) is 2.28. The minimum atomic E-state index is -0.792. The SMILES string of the molecule is CCCC(CC(=O)O)(c1ccccc1)C(C)N. The molecule has 1 aromatic rings. The fraction of sp³-hybridized carbons (Fsp3) is 0.500. The van der Waals surface area contributed by atoms with Crippen molar-refractivity contribution in [2.75, 3.05) is 0 Å². The van der Waals surface area contributed by atoms with Crippen molar-refractivity contribution < 1.29 is 9.90 Å². The van der Waals surface area contributed by atoms with E-state index in [9.17, 15) is 4.79 Å². The van der Waals surface area contributed by atoms with Gasteiger partial charge in [0.15, 0.2) is 0 Å². The molecule has 1 aromatic carbocycles. The van der Waals surface area contributed by atoms with Gasteiger partial charge in [-0.05, 0) is 18.9 Å². The van der Waals surface area contributed by atoms with E-state index >= 15 is 0 Å². The van der Waals surface area contributed by atoms with Gasteiger partial charge in [-0.3, -0.25) is 4.79 Å². The highest BCUT2D eigenvalue weighted by atomic mass is 16.4. The zero-order chi connectivity index (χ0) is 12.9. The van der Waals surface area contributed by atoms with E-state index in [1.54, 1.807) is 0 Å². The van der Waals surface area contributed by atoms with E-state index in [2.05, 4.69) is 6.92 Å². The largest absolute Gasteiger partial charge is 0.481 e. The molecule has 17 heavy (non-hydrogen) atoms. The van der Waals surface area contributed by atoms with Crippen LogP contribution in [0.25, 0.3) is 0 Å². The first-order valence-electron chi connectivity index (χ1n) is 6.06. The van der Waals surface area contributed by atoms with Crippen LogP contribution >= 0.6 is 0 Å². The molecule has 0 fully saturated rings. The van der Waals surface area contributed by atoms with Gasteiger partial charge in [0.2, 0.25) is 0 Å². The summed E-state index contributed by atoms with van der Waals surface area (Å²) in [7, 11) is 0. The van der Waals surface area contributed by atoms with E-state index in [1.807, 2.05) is 37.3 Å². The second-order valence-corrected chi connectivity index (χ2v) is 4.63. The van der Waals surface area contributed by atoms with Crippen molar-refractivity contribution in [1.29, 1.82) is 0 Å². The summed E-state index contributed by atoms with van der Waals surface area (Å²) in [4.78, 5) is 11.1. The van der Waals surface area contributed by atoms with Gasteiger partial charge in [0.1, 0.15) is 0 Å². The van der Waals surface area contributed by atoms with Crippen LogP contribution in [-0.2, 0) is 10.2 Å². The molecule has 0 spiro atoms. The lowest BCUT2D eigenvalue weighted by atomic mass is 9.69. The van der Waals surface area contributed by atoms with Gasteiger partial charge >= 0.3 is 5.97 Å². The van der Waals surface area contributed by atoms with E-state index < -0.39 is 11.4 Å². The standard InChI is InChI=1S/C14H21NO2/c1-3-9-14(11(2)15,10-13(16)17)12-7-5-4-6-8-12/h4-8,11H,3,9-10,15H2,1-2H3,(H,16,17). The van der Waals surface area contributed by atoms with Crippen molar-refractivity contribution >= 4 is 5.97 Å². The van der Waals surface area contributed by atoms with Crippen molar-refractivity contribution in [2.24, 2.45) is 5.73 Å². The molecule has 0 amide bonds. The molecule has 94 valence electrons. The maximum atomic E-state index is 11.1. The summed E-state index contributed by atoms with van der Waals surface area (Å²) in [5.74, 6) is -0.792. The Bertz CT molecular complexity index is 362. The number of hydrogen-bond acceptors (Lipinski definition) is 2. The summed E-state index contributed by atoms with van der Waals surface area (Å²) in [6.07, 6.45) is 1.80. The monoisotopic (exact) mass is 235 g/mol. The van der Waals surface area contributed by atoms with Crippen molar-refractivity contribution in [3.63, 3.8) is 0 Å². The van der Waals surface area contributed by atoms with E-state index in [-0.39, 0.29) is 12.5 Å². The first kappa shape index (κ1) is 13.7. The first-order valence-corrected chi connectivity index (χ1v) is 6.06. The minimum absolute atomic E-state index is 0.0858. The molecule has 0 aromatic heterocycles.